The Morgan fingerprint density at radius 3 is 2.18 bits per heavy atom. The van der Waals surface area contributed by atoms with Crippen LogP contribution in [0.2, 0.25) is 0 Å². The fourth-order valence-corrected chi connectivity index (χ4v) is 4.78. The molecule has 0 aliphatic carbocycles. The van der Waals surface area contributed by atoms with Crippen LogP contribution in [0.5, 0.6) is 11.5 Å². The molecule has 0 radical (unpaired) electrons. The summed E-state index contributed by atoms with van der Waals surface area (Å²) in [6, 6.07) is 17.3. The number of piperazine rings is 1. The van der Waals surface area contributed by atoms with Gasteiger partial charge in [0.25, 0.3) is 5.56 Å². The highest BCUT2D eigenvalue weighted by atomic mass is 16.5. The normalized spacial score (nSPS) is 14.6. The molecule has 38 heavy (non-hydrogen) atoms. The summed E-state index contributed by atoms with van der Waals surface area (Å²) in [7, 11) is 4.64. The van der Waals surface area contributed by atoms with Crippen molar-refractivity contribution in [1.29, 1.82) is 0 Å². The third-order valence-electron chi connectivity index (χ3n) is 6.91. The van der Waals surface area contributed by atoms with Crippen LogP contribution in [-0.4, -0.2) is 69.8 Å². The quantitative estimate of drug-likeness (QED) is 0.370. The van der Waals surface area contributed by atoms with E-state index >= 15 is 0 Å². The summed E-state index contributed by atoms with van der Waals surface area (Å²) in [4.78, 5) is 35.0. The van der Waals surface area contributed by atoms with Gasteiger partial charge >= 0.3 is 5.69 Å². The highest BCUT2D eigenvalue weighted by molar-refractivity contribution is 5.74. The van der Waals surface area contributed by atoms with E-state index in [1.165, 1.54) is 11.6 Å². The zero-order valence-corrected chi connectivity index (χ0v) is 21.8. The van der Waals surface area contributed by atoms with Gasteiger partial charge in [-0.05, 0) is 36.4 Å². The van der Waals surface area contributed by atoms with Crippen LogP contribution in [-0.2, 0) is 20.6 Å². The van der Waals surface area contributed by atoms with Crippen LogP contribution in [0.1, 0.15) is 0 Å². The van der Waals surface area contributed by atoms with Crippen LogP contribution in [0.25, 0.3) is 11.2 Å². The van der Waals surface area contributed by atoms with Gasteiger partial charge in [-0.25, -0.2) is 4.79 Å². The lowest BCUT2D eigenvalue weighted by Crippen LogP contribution is -2.47. The summed E-state index contributed by atoms with van der Waals surface area (Å²) in [5, 5.41) is 10.9. The van der Waals surface area contributed by atoms with Crippen molar-refractivity contribution in [2.75, 3.05) is 49.7 Å². The van der Waals surface area contributed by atoms with Crippen molar-refractivity contribution < 1.29 is 14.6 Å². The van der Waals surface area contributed by atoms with E-state index in [9.17, 15) is 14.7 Å². The minimum Gasteiger partial charge on any atom is -0.497 e. The van der Waals surface area contributed by atoms with Gasteiger partial charge in [0.15, 0.2) is 11.2 Å². The number of benzene rings is 2. The van der Waals surface area contributed by atoms with Gasteiger partial charge in [0, 0.05) is 46.0 Å². The van der Waals surface area contributed by atoms with Gasteiger partial charge in [-0.2, -0.15) is 4.98 Å². The molecule has 0 spiro atoms. The van der Waals surface area contributed by atoms with E-state index in [0.29, 0.717) is 36.2 Å². The Morgan fingerprint density at radius 2 is 1.53 bits per heavy atom. The molecule has 1 saturated heterocycles. The predicted molar refractivity (Wildman–Crippen MR) is 146 cm³/mol. The number of hydrogen-bond acceptors (Lipinski definition) is 8. The van der Waals surface area contributed by atoms with Crippen molar-refractivity contribution in [2.45, 2.75) is 12.6 Å². The number of imidazole rings is 1. The summed E-state index contributed by atoms with van der Waals surface area (Å²) in [6.07, 6.45) is -0.930. The Labute approximate surface area is 219 Å². The standard InChI is InChI=1S/C27H32N6O5/c1-29-24-23(25(35)30(2)27(29)36)33(17-20(34)18-38-22-11-9-21(37-3)10-12-22)26(28-24)32-15-13-31(14-16-32)19-7-5-4-6-8-19/h4-12,20,34H,13-18H2,1-3H3. The number of aliphatic hydroxyl groups is 1. The van der Waals surface area contributed by atoms with Crippen molar-refractivity contribution in [2.24, 2.45) is 14.1 Å². The SMILES string of the molecule is COc1ccc(OCC(O)Cn2c(N3CCN(c4ccccc4)CC3)nc3c2c(=O)n(C)c(=O)n3C)cc1. The molecule has 0 bridgehead atoms. The zero-order valence-electron chi connectivity index (χ0n) is 21.8. The first-order valence-corrected chi connectivity index (χ1v) is 12.5. The van der Waals surface area contributed by atoms with Crippen molar-refractivity contribution in [3.05, 3.63) is 75.4 Å². The van der Waals surface area contributed by atoms with Crippen LogP contribution in [0.3, 0.4) is 0 Å². The number of para-hydroxylation sites is 1. The van der Waals surface area contributed by atoms with Crippen LogP contribution < -0.4 is 30.5 Å². The monoisotopic (exact) mass is 520 g/mol. The number of ether oxygens (including phenoxy) is 2. The molecule has 1 aliphatic heterocycles. The largest absolute Gasteiger partial charge is 0.497 e. The summed E-state index contributed by atoms with van der Waals surface area (Å²) < 4.78 is 15.1. The summed E-state index contributed by atoms with van der Waals surface area (Å²) in [5.41, 5.74) is 0.826. The van der Waals surface area contributed by atoms with Gasteiger partial charge in [0.2, 0.25) is 5.95 Å². The van der Waals surface area contributed by atoms with Gasteiger partial charge in [-0.3, -0.25) is 13.9 Å². The molecule has 0 amide bonds. The predicted octanol–water partition coefficient (Wildman–Crippen LogP) is 1.21. The molecule has 1 N–H and O–H groups in total. The first kappa shape index (κ1) is 25.4. The number of aliphatic hydroxyl groups excluding tert-OH is 1. The smallest absolute Gasteiger partial charge is 0.332 e. The van der Waals surface area contributed by atoms with E-state index in [-0.39, 0.29) is 18.7 Å². The van der Waals surface area contributed by atoms with Crippen LogP contribution >= 0.6 is 0 Å². The maximum atomic E-state index is 13.2. The lowest BCUT2D eigenvalue weighted by atomic mass is 10.2. The number of aromatic nitrogens is 4. The van der Waals surface area contributed by atoms with E-state index in [0.717, 1.165) is 23.3 Å². The van der Waals surface area contributed by atoms with Gasteiger partial charge < -0.3 is 28.9 Å². The van der Waals surface area contributed by atoms with E-state index in [4.69, 9.17) is 14.5 Å². The Kier molecular flexibility index (Phi) is 7.10. The number of rotatable bonds is 8. The zero-order chi connectivity index (χ0) is 26.8. The highest BCUT2D eigenvalue weighted by Gasteiger charge is 2.27. The second kappa shape index (κ2) is 10.6. The van der Waals surface area contributed by atoms with E-state index in [2.05, 4.69) is 21.9 Å². The Hall–Kier alpha value is -4.25. The molecule has 4 aromatic rings. The highest BCUT2D eigenvalue weighted by Crippen LogP contribution is 2.24. The number of hydrogen-bond donors (Lipinski definition) is 1. The third kappa shape index (κ3) is 4.84. The summed E-state index contributed by atoms with van der Waals surface area (Å²) in [5.74, 6) is 1.85. The number of aryl methyl sites for hydroxylation is 1. The number of methoxy groups -OCH3 is 1. The average Bonchev–Trinajstić information content (AvgIpc) is 3.33. The fourth-order valence-electron chi connectivity index (χ4n) is 4.78. The minimum absolute atomic E-state index is 0.0132. The lowest BCUT2D eigenvalue weighted by molar-refractivity contribution is 0.0936. The fraction of sp³-hybridized carbons (Fsp3) is 0.370. The maximum absolute atomic E-state index is 13.2. The van der Waals surface area contributed by atoms with Crippen molar-refractivity contribution in [3.8, 4) is 11.5 Å². The molecule has 1 atom stereocenters. The minimum atomic E-state index is -0.930. The maximum Gasteiger partial charge on any atom is 0.332 e. The third-order valence-corrected chi connectivity index (χ3v) is 6.91. The molecule has 0 saturated carbocycles. The summed E-state index contributed by atoms with van der Waals surface area (Å²) >= 11 is 0. The van der Waals surface area contributed by atoms with Crippen molar-refractivity contribution in [1.82, 2.24) is 18.7 Å². The van der Waals surface area contributed by atoms with Gasteiger partial charge in [0.05, 0.1) is 13.7 Å². The first-order valence-electron chi connectivity index (χ1n) is 12.5. The van der Waals surface area contributed by atoms with Gasteiger partial charge in [-0.15, -0.1) is 0 Å². The molecule has 200 valence electrons. The molecule has 1 unspecified atom stereocenters. The molecule has 3 heterocycles. The number of anilines is 2. The van der Waals surface area contributed by atoms with Crippen molar-refractivity contribution >= 4 is 22.8 Å². The Morgan fingerprint density at radius 1 is 0.895 bits per heavy atom. The van der Waals surface area contributed by atoms with Gasteiger partial charge in [-0.1, -0.05) is 18.2 Å². The topological polar surface area (TPSA) is 107 Å². The summed E-state index contributed by atoms with van der Waals surface area (Å²) in [6.45, 7) is 2.98. The Bertz CT molecular complexity index is 1520. The van der Waals surface area contributed by atoms with Crippen LogP contribution in [0.15, 0.2) is 64.2 Å². The molecule has 1 fully saturated rings. The molecule has 2 aromatic heterocycles. The first-order chi connectivity index (χ1) is 18.4. The number of fused-ring (bicyclic) bond motifs is 1. The Balaban J connectivity index is 1.42. The van der Waals surface area contributed by atoms with E-state index in [1.807, 2.05) is 18.2 Å². The lowest BCUT2D eigenvalue weighted by Gasteiger charge is -2.36. The molecule has 11 nitrogen and oxygen atoms in total. The molecule has 2 aromatic carbocycles. The van der Waals surface area contributed by atoms with Crippen LogP contribution in [0, 0.1) is 0 Å². The number of nitrogens with zero attached hydrogens (tertiary/aromatic N) is 6. The average molecular weight is 521 g/mol. The second-order valence-electron chi connectivity index (χ2n) is 9.35. The molecule has 1 aliphatic rings. The van der Waals surface area contributed by atoms with E-state index < -0.39 is 17.4 Å². The molecular formula is C27H32N6O5. The van der Waals surface area contributed by atoms with Crippen molar-refractivity contribution in [3.63, 3.8) is 0 Å². The second-order valence-corrected chi connectivity index (χ2v) is 9.35. The molecule has 11 heteroatoms. The van der Waals surface area contributed by atoms with Gasteiger partial charge in [0.1, 0.15) is 24.2 Å². The molecular weight excluding hydrogens is 488 g/mol. The molecule has 5 rings (SSSR count). The van der Waals surface area contributed by atoms with Crippen LogP contribution in [0.4, 0.5) is 11.6 Å². The van der Waals surface area contributed by atoms with E-state index in [1.54, 1.807) is 43.0 Å².